The first-order chi connectivity index (χ1) is 13.6. The molecule has 0 bridgehead atoms. The van der Waals surface area contributed by atoms with Gasteiger partial charge in [0.1, 0.15) is 6.07 Å². The highest BCUT2D eigenvalue weighted by Crippen LogP contribution is 2.32. The van der Waals surface area contributed by atoms with E-state index in [0.29, 0.717) is 29.7 Å². The van der Waals surface area contributed by atoms with Gasteiger partial charge < -0.3 is 28.5 Å². The molecule has 28 heavy (non-hydrogen) atoms. The topological polar surface area (TPSA) is 96.7 Å². The number of nitrogens with one attached hydrogen (secondary N) is 1. The molecule has 8 heteroatoms. The predicted molar refractivity (Wildman–Crippen MR) is 103 cm³/mol. The molecule has 2 aromatic heterocycles. The van der Waals surface area contributed by atoms with Crippen LogP contribution in [0, 0.1) is 11.3 Å². The summed E-state index contributed by atoms with van der Waals surface area (Å²) in [4.78, 5) is 6.24. The minimum Gasteiger partial charge on any atom is -0.493 e. The Kier molecular flexibility index (Phi) is 5.87. The summed E-state index contributed by atoms with van der Waals surface area (Å²) in [6.45, 7) is 0.490. The summed E-state index contributed by atoms with van der Waals surface area (Å²) < 4.78 is 21.7. The van der Waals surface area contributed by atoms with Crippen LogP contribution >= 0.6 is 0 Å². The number of ether oxygens (including phenoxy) is 2. The summed E-state index contributed by atoms with van der Waals surface area (Å²) >= 11 is 0. The normalized spacial score (nSPS) is 11.9. The van der Waals surface area contributed by atoms with Gasteiger partial charge in [0.25, 0.3) is 5.89 Å². The smallest absolute Gasteiger partial charge is 0.266 e. The molecule has 3 rings (SSSR count). The molecule has 1 aromatic carbocycles. The lowest BCUT2D eigenvalue weighted by Gasteiger charge is -2.25. The van der Waals surface area contributed by atoms with Crippen LogP contribution in [0.25, 0.3) is 11.7 Å². The van der Waals surface area contributed by atoms with Crippen molar-refractivity contribution in [3.63, 3.8) is 0 Å². The highest BCUT2D eigenvalue weighted by Gasteiger charge is 2.20. The molecule has 0 spiro atoms. The third-order valence-corrected chi connectivity index (χ3v) is 4.34. The Labute approximate surface area is 163 Å². The van der Waals surface area contributed by atoms with Crippen molar-refractivity contribution >= 4 is 5.88 Å². The highest BCUT2D eigenvalue weighted by molar-refractivity contribution is 5.54. The summed E-state index contributed by atoms with van der Waals surface area (Å²) in [5.74, 6) is 2.36. The second-order valence-electron chi connectivity index (χ2n) is 6.26. The van der Waals surface area contributed by atoms with Gasteiger partial charge in [-0.05, 0) is 43.9 Å². The number of nitriles is 1. The number of furan rings is 1. The summed E-state index contributed by atoms with van der Waals surface area (Å²) in [6, 6.07) is 11.3. The van der Waals surface area contributed by atoms with E-state index in [2.05, 4.69) is 15.2 Å². The van der Waals surface area contributed by atoms with E-state index in [0.717, 1.165) is 5.56 Å². The minimum absolute atomic E-state index is 0.0106. The Hall–Kier alpha value is -3.44. The molecule has 0 amide bonds. The van der Waals surface area contributed by atoms with E-state index in [4.69, 9.17) is 18.3 Å². The lowest BCUT2D eigenvalue weighted by atomic mass is 10.1. The van der Waals surface area contributed by atoms with Gasteiger partial charge in [0, 0.05) is 6.54 Å². The average Bonchev–Trinajstić information content (AvgIpc) is 3.37. The number of oxazole rings is 1. The standard InChI is InChI=1S/C20H22N4O4/c1-24(2)15(13-7-8-16(25-3)18(10-13)26-4)12-22-19-14(11-21)23-20(28-19)17-6-5-9-27-17/h5-10,15,22H,12H2,1-4H3/t15-/m0/s1. The highest BCUT2D eigenvalue weighted by atomic mass is 16.5. The fourth-order valence-electron chi connectivity index (χ4n) is 2.87. The van der Waals surface area contributed by atoms with Crippen LogP contribution in [0.15, 0.2) is 45.4 Å². The Bertz CT molecular complexity index is 957. The first-order valence-corrected chi connectivity index (χ1v) is 8.64. The van der Waals surface area contributed by atoms with Crippen molar-refractivity contribution in [1.82, 2.24) is 9.88 Å². The van der Waals surface area contributed by atoms with Crippen LogP contribution < -0.4 is 14.8 Å². The molecule has 0 fully saturated rings. The van der Waals surface area contributed by atoms with Gasteiger partial charge in [-0.15, -0.1) is 0 Å². The van der Waals surface area contributed by atoms with Gasteiger partial charge in [0.05, 0.1) is 26.5 Å². The van der Waals surface area contributed by atoms with Crippen LogP contribution in [-0.4, -0.2) is 44.7 Å². The van der Waals surface area contributed by atoms with Crippen LogP contribution in [0.1, 0.15) is 17.3 Å². The van der Waals surface area contributed by atoms with E-state index in [9.17, 15) is 5.26 Å². The fourth-order valence-corrected chi connectivity index (χ4v) is 2.87. The first kappa shape index (κ1) is 19.3. The van der Waals surface area contributed by atoms with E-state index < -0.39 is 0 Å². The molecule has 0 aliphatic heterocycles. The molecule has 0 saturated carbocycles. The lowest BCUT2D eigenvalue weighted by molar-refractivity contribution is 0.307. The molecule has 1 N–H and O–H groups in total. The monoisotopic (exact) mass is 382 g/mol. The van der Waals surface area contributed by atoms with Crippen molar-refractivity contribution in [2.75, 3.05) is 40.2 Å². The van der Waals surface area contributed by atoms with Crippen molar-refractivity contribution in [3.05, 3.63) is 47.9 Å². The maximum Gasteiger partial charge on any atom is 0.266 e. The molecule has 0 saturated heterocycles. The third-order valence-electron chi connectivity index (χ3n) is 4.34. The van der Waals surface area contributed by atoms with Crippen LogP contribution in [0.2, 0.25) is 0 Å². The molecule has 8 nitrogen and oxygen atoms in total. The van der Waals surface area contributed by atoms with E-state index in [1.54, 1.807) is 26.4 Å². The predicted octanol–water partition coefficient (Wildman–Crippen LogP) is 3.54. The number of methoxy groups -OCH3 is 2. The number of likely N-dealkylation sites (N-methyl/N-ethyl adjacent to an activating group) is 1. The Morgan fingerprint density at radius 1 is 1.21 bits per heavy atom. The van der Waals surface area contributed by atoms with Crippen LogP contribution in [-0.2, 0) is 0 Å². The zero-order valence-corrected chi connectivity index (χ0v) is 16.2. The molecule has 0 aliphatic rings. The fraction of sp³-hybridized carbons (Fsp3) is 0.300. The molecule has 146 valence electrons. The lowest BCUT2D eigenvalue weighted by Crippen LogP contribution is -2.27. The van der Waals surface area contributed by atoms with Gasteiger partial charge in [0.15, 0.2) is 17.3 Å². The maximum absolute atomic E-state index is 9.36. The van der Waals surface area contributed by atoms with Gasteiger partial charge in [-0.2, -0.15) is 10.2 Å². The number of aromatic nitrogens is 1. The summed E-state index contributed by atoms with van der Waals surface area (Å²) in [7, 11) is 7.16. The molecule has 0 radical (unpaired) electrons. The molecule has 3 aromatic rings. The SMILES string of the molecule is COc1ccc([C@H](CNc2oc(-c3ccco3)nc2C#N)N(C)C)cc1OC. The van der Waals surface area contributed by atoms with Crippen LogP contribution in [0.5, 0.6) is 11.5 Å². The van der Waals surface area contributed by atoms with E-state index in [-0.39, 0.29) is 17.6 Å². The third kappa shape index (κ3) is 3.94. The second-order valence-corrected chi connectivity index (χ2v) is 6.26. The number of benzene rings is 1. The first-order valence-electron chi connectivity index (χ1n) is 8.64. The number of hydrogen-bond acceptors (Lipinski definition) is 8. The molecule has 0 unspecified atom stereocenters. The van der Waals surface area contributed by atoms with E-state index in [1.165, 1.54) is 6.26 Å². The Morgan fingerprint density at radius 2 is 2.00 bits per heavy atom. The molecule has 1 atom stereocenters. The summed E-state index contributed by atoms with van der Waals surface area (Å²) in [6.07, 6.45) is 1.53. The van der Waals surface area contributed by atoms with Gasteiger partial charge in [-0.3, -0.25) is 0 Å². The quantitative estimate of drug-likeness (QED) is 0.632. The average molecular weight is 382 g/mol. The molecular weight excluding hydrogens is 360 g/mol. The minimum atomic E-state index is -0.0106. The Balaban J connectivity index is 1.82. The van der Waals surface area contributed by atoms with Gasteiger partial charge in [0.2, 0.25) is 11.6 Å². The van der Waals surface area contributed by atoms with Crippen molar-refractivity contribution < 1.29 is 18.3 Å². The zero-order chi connectivity index (χ0) is 20.1. The molecule has 0 aliphatic carbocycles. The second kappa shape index (κ2) is 8.50. The van der Waals surface area contributed by atoms with Crippen molar-refractivity contribution in [1.29, 1.82) is 5.26 Å². The number of rotatable bonds is 8. The largest absolute Gasteiger partial charge is 0.493 e. The van der Waals surface area contributed by atoms with Crippen molar-refractivity contribution in [3.8, 4) is 29.2 Å². The molecule has 2 heterocycles. The zero-order valence-electron chi connectivity index (χ0n) is 16.2. The van der Waals surface area contributed by atoms with Gasteiger partial charge in [-0.25, -0.2) is 0 Å². The number of anilines is 1. The summed E-state index contributed by atoms with van der Waals surface area (Å²) in [5.41, 5.74) is 1.20. The van der Waals surface area contributed by atoms with E-state index in [1.807, 2.05) is 38.4 Å². The van der Waals surface area contributed by atoms with E-state index >= 15 is 0 Å². The van der Waals surface area contributed by atoms with Crippen molar-refractivity contribution in [2.45, 2.75) is 6.04 Å². The van der Waals surface area contributed by atoms with Crippen LogP contribution in [0.4, 0.5) is 5.88 Å². The maximum atomic E-state index is 9.36. The number of nitrogens with zero attached hydrogens (tertiary/aromatic N) is 3. The molecular formula is C20H22N4O4. The number of hydrogen-bond donors (Lipinski definition) is 1. The van der Waals surface area contributed by atoms with Crippen molar-refractivity contribution in [2.24, 2.45) is 0 Å². The van der Waals surface area contributed by atoms with Gasteiger partial charge in [-0.1, -0.05) is 6.07 Å². The van der Waals surface area contributed by atoms with Gasteiger partial charge >= 0.3 is 0 Å². The van der Waals surface area contributed by atoms with Crippen LogP contribution in [0.3, 0.4) is 0 Å². The summed E-state index contributed by atoms with van der Waals surface area (Å²) in [5, 5.41) is 12.5. The Morgan fingerprint density at radius 3 is 2.61 bits per heavy atom.